The zero-order valence-electron chi connectivity index (χ0n) is 16.8. The Labute approximate surface area is 169 Å². The Morgan fingerprint density at radius 2 is 1.97 bits per heavy atom. The fourth-order valence-electron chi connectivity index (χ4n) is 4.60. The highest BCUT2D eigenvalue weighted by Crippen LogP contribution is 2.40. The number of nitrogens with one attached hydrogen (secondary N) is 1. The molecule has 5 nitrogen and oxygen atoms in total. The summed E-state index contributed by atoms with van der Waals surface area (Å²) in [6.45, 7) is 4.71. The molecular formula is C24H25N3O2. The molecule has 0 radical (unpaired) electrons. The van der Waals surface area contributed by atoms with Gasteiger partial charge in [0.05, 0.1) is 5.69 Å². The van der Waals surface area contributed by atoms with E-state index in [1.807, 2.05) is 30.3 Å². The molecule has 29 heavy (non-hydrogen) atoms. The molecule has 148 valence electrons. The van der Waals surface area contributed by atoms with E-state index in [1.165, 1.54) is 21.1 Å². The van der Waals surface area contributed by atoms with Crippen molar-refractivity contribution in [2.75, 3.05) is 0 Å². The average molecular weight is 387 g/mol. The lowest BCUT2D eigenvalue weighted by Crippen LogP contribution is -2.32. The van der Waals surface area contributed by atoms with E-state index in [-0.39, 0.29) is 17.6 Å². The van der Waals surface area contributed by atoms with E-state index < -0.39 is 0 Å². The van der Waals surface area contributed by atoms with Crippen LogP contribution in [-0.4, -0.2) is 19.2 Å². The maximum Gasteiger partial charge on any atom is 0.332 e. The fraction of sp³-hybridized carbons (Fsp3) is 0.292. The molecule has 2 aromatic heterocycles. The van der Waals surface area contributed by atoms with Crippen LogP contribution in [0.1, 0.15) is 53.9 Å². The summed E-state index contributed by atoms with van der Waals surface area (Å²) in [6.07, 6.45) is 2.38. The number of nitrogens with zero attached hydrogens (tertiary/aromatic N) is 2. The van der Waals surface area contributed by atoms with Crippen LogP contribution in [0, 0.1) is 6.92 Å². The van der Waals surface area contributed by atoms with Crippen molar-refractivity contribution in [3.05, 3.63) is 87.1 Å². The minimum absolute atomic E-state index is 0.108. The zero-order valence-corrected chi connectivity index (χ0v) is 16.8. The summed E-state index contributed by atoms with van der Waals surface area (Å²) in [6, 6.07) is 16.2. The predicted molar refractivity (Wildman–Crippen MR) is 115 cm³/mol. The van der Waals surface area contributed by atoms with Gasteiger partial charge in [0.25, 0.3) is 0 Å². The molecule has 0 bridgehead atoms. The Kier molecular flexibility index (Phi) is 4.12. The maximum absolute atomic E-state index is 13.4. The monoisotopic (exact) mass is 387 g/mol. The van der Waals surface area contributed by atoms with Crippen molar-refractivity contribution >= 4 is 10.9 Å². The Bertz CT molecular complexity index is 1260. The third-order valence-corrected chi connectivity index (χ3v) is 6.06. The second-order valence-electron chi connectivity index (χ2n) is 7.98. The van der Waals surface area contributed by atoms with Gasteiger partial charge in [0.15, 0.2) is 0 Å². The third kappa shape index (κ3) is 2.64. The minimum Gasteiger partial charge on any atom is -0.493 e. The van der Waals surface area contributed by atoms with Crippen LogP contribution >= 0.6 is 0 Å². The molecule has 0 saturated carbocycles. The first-order valence-electron chi connectivity index (χ1n) is 10.3. The van der Waals surface area contributed by atoms with E-state index in [9.17, 15) is 9.90 Å². The summed E-state index contributed by atoms with van der Waals surface area (Å²) in [7, 11) is 0. The second-order valence-corrected chi connectivity index (χ2v) is 7.98. The SMILES string of the molecule is CCCCn1c(O)c2n(c1=O)[C@@H](c1ccccc1)c1[nH]c3ccc(C)cc3c1C2. The van der Waals surface area contributed by atoms with Gasteiger partial charge < -0.3 is 10.1 Å². The molecule has 5 rings (SSSR count). The number of aryl methyl sites for hydroxylation is 1. The molecule has 1 aliphatic heterocycles. The van der Waals surface area contributed by atoms with E-state index in [1.54, 1.807) is 4.57 Å². The van der Waals surface area contributed by atoms with Crippen molar-refractivity contribution in [3.8, 4) is 5.88 Å². The molecule has 3 heterocycles. The number of aromatic amines is 1. The van der Waals surface area contributed by atoms with Gasteiger partial charge in [-0.2, -0.15) is 0 Å². The van der Waals surface area contributed by atoms with Crippen LogP contribution in [-0.2, 0) is 13.0 Å². The van der Waals surface area contributed by atoms with Gasteiger partial charge in [0, 0.05) is 29.6 Å². The highest BCUT2D eigenvalue weighted by molar-refractivity contribution is 5.86. The van der Waals surface area contributed by atoms with E-state index in [4.69, 9.17) is 0 Å². The number of hydrogen-bond donors (Lipinski definition) is 2. The van der Waals surface area contributed by atoms with Gasteiger partial charge >= 0.3 is 5.69 Å². The molecule has 5 heteroatoms. The largest absolute Gasteiger partial charge is 0.493 e. The van der Waals surface area contributed by atoms with Crippen molar-refractivity contribution < 1.29 is 5.11 Å². The van der Waals surface area contributed by atoms with Crippen LogP contribution in [0.15, 0.2) is 53.3 Å². The second kappa shape index (κ2) is 6.69. The quantitative estimate of drug-likeness (QED) is 0.477. The molecule has 0 spiro atoms. The highest BCUT2D eigenvalue weighted by atomic mass is 16.3. The first-order chi connectivity index (χ1) is 14.1. The standard InChI is InChI=1S/C24H25N3O2/c1-3-4-12-26-23(28)20-14-18-17-13-15(2)10-11-19(17)25-21(18)22(27(20)24(26)29)16-8-6-5-7-9-16/h5-11,13,22,25,28H,3-4,12,14H2,1-2H3/t22-/m0/s1. The Balaban J connectivity index is 1.80. The van der Waals surface area contributed by atoms with Crippen molar-refractivity contribution in [2.45, 2.75) is 45.7 Å². The maximum atomic E-state index is 13.4. The number of imidazole rings is 1. The van der Waals surface area contributed by atoms with Gasteiger partial charge in [-0.05, 0) is 36.6 Å². The van der Waals surface area contributed by atoms with Gasteiger partial charge in [-0.3, -0.25) is 9.13 Å². The summed E-state index contributed by atoms with van der Waals surface area (Å²) in [4.78, 5) is 16.9. The molecule has 2 N–H and O–H groups in total. The Morgan fingerprint density at radius 3 is 2.72 bits per heavy atom. The van der Waals surface area contributed by atoms with Gasteiger partial charge in [0.2, 0.25) is 5.88 Å². The normalized spacial score (nSPS) is 15.4. The van der Waals surface area contributed by atoms with Gasteiger partial charge in [-0.15, -0.1) is 0 Å². The van der Waals surface area contributed by atoms with E-state index in [0.717, 1.165) is 29.6 Å². The van der Waals surface area contributed by atoms with Gasteiger partial charge in [-0.25, -0.2) is 4.79 Å². The van der Waals surface area contributed by atoms with Crippen molar-refractivity contribution in [2.24, 2.45) is 0 Å². The number of unbranched alkanes of at least 4 members (excludes halogenated alkanes) is 1. The number of aromatic hydroxyl groups is 1. The summed E-state index contributed by atoms with van der Waals surface area (Å²) < 4.78 is 3.32. The lowest BCUT2D eigenvalue weighted by Gasteiger charge is -2.25. The summed E-state index contributed by atoms with van der Waals surface area (Å²) >= 11 is 0. The van der Waals surface area contributed by atoms with Crippen LogP contribution in [0.5, 0.6) is 5.88 Å². The molecule has 0 amide bonds. The van der Waals surface area contributed by atoms with E-state index in [0.29, 0.717) is 18.7 Å². The van der Waals surface area contributed by atoms with Gasteiger partial charge in [0.1, 0.15) is 6.04 Å². The lowest BCUT2D eigenvalue weighted by molar-refractivity contribution is 0.404. The first kappa shape index (κ1) is 17.9. The number of rotatable bonds is 4. The molecule has 0 unspecified atom stereocenters. The number of hydrogen-bond acceptors (Lipinski definition) is 2. The molecular weight excluding hydrogens is 362 g/mol. The summed E-state index contributed by atoms with van der Waals surface area (Å²) in [5.74, 6) is 0.108. The van der Waals surface area contributed by atoms with Crippen LogP contribution < -0.4 is 5.69 Å². The molecule has 1 aliphatic rings. The zero-order chi connectivity index (χ0) is 20.1. The lowest BCUT2D eigenvalue weighted by atomic mass is 9.92. The number of benzene rings is 2. The molecule has 4 aromatic rings. The van der Waals surface area contributed by atoms with E-state index in [2.05, 4.69) is 37.0 Å². The van der Waals surface area contributed by atoms with Gasteiger partial charge in [-0.1, -0.05) is 55.3 Å². The van der Waals surface area contributed by atoms with Crippen LogP contribution in [0.25, 0.3) is 10.9 Å². The molecule has 0 fully saturated rings. The van der Waals surface area contributed by atoms with Crippen LogP contribution in [0.3, 0.4) is 0 Å². The third-order valence-electron chi connectivity index (χ3n) is 6.06. The van der Waals surface area contributed by atoms with E-state index >= 15 is 0 Å². The molecule has 0 saturated heterocycles. The first-order valence-corrected chi connectivity index (χ1v) is 10.3. The average Bonchev–Trinajstić information content (AvgIpc) is 3.21. The highest BCUT2D eigenvalue weighted by Gasteiger charge is 2.35. The minimum atomic E-state index is -0.274. The Hall–Kier alpha value is -3.21. The fourth-order valence-corrected chi connectivity index (χ4v) is 4.60. The van der Waals surface area contributed by atoms with Crippen molar-refractivity contribution in [3.63, 3.8) is 0 Å². The number of fused-ring (bicyclic) bond motifs is 4. The molecule has 1 atom stereocenters. The van der Waals surface area contributed by atoms with Crippen LogP contribution in [0.2, 0.25) is 0 Å². The van der Waals surface area contributed by atoms with Crippen molar-refractivity contribution in [1.82, 2.24) is 14.1 Å². The molecule has 2 aromatic carbocycles. The topological polar surface area (TPSA) is 62.9 Å². The summed E-state index contributed by atoms with van der Waals surface area (Å²) in [5, 5.41) is 12.1. The number of H-pyrrole nitrogens is 1. The molecule has 0 aliphatic carbocycles. The Morgan fingerprint density at radius 1 is 1.17 bits per heavy atom. The number of aromatic nitrogens is 3. The van der Waals surface area contributed by atoms with Crippen LogP contribution in [0.4, 0.5) is 0 Å². The predicted octanol–water partition coefficient (Wildman–Crippen LogP) is 4.49. The van der Waals surface area contributed by atoms with Crippen molar-refractivity contribution in [1.29, 1.82) is 0 Å². The smallest absolute Gasteiger partial charge is 0.332 e. The summed E-state index contributed by atoms with van der Waals surface area (Å²) in [5.41, 5.74) is 6.07.